The van der Waals surface area contributed by atoms with Gasteiger partial charge < -0.3 is 20.1 Å². The second-order valence-electron chi connectivity index (χ2n) is 10.7. The number of benzene rings is 4. The van der Waals surface area contributed by atoms with E-state index < -0.39 is 22.8 Å². The number of hydrogen-bond acceptors (Lipinski definition) is 5. The van der Waals surface area contributed by atoms with Gasteiger partial charge in [-0.3, -0.25) is 0 Å². The van der Waals surface area contributed by atoms with Crippen LogP contribution in [0.15, 0.2) is 133 Å². The largest absolute Gasteiger partial charge is 0.457 e. The van der Waals surface area contributed by atoms with Gasteiger partial charge in [-0.15, -0.1) is 0 Å². The smallest absolute Gasteiger partial charge is 0.334 e. The van der Waals surface area contributed by atoms with Crippen LogP contribution in [0.4, 0.5) is 0 Å². The van der Waals surface area contributed by atoms with Crippen LogP contribution in [0.2, 0.25) is 0 Å². The van der Waals surface area contributed by atoms with Crippen molar-refractivity contribution in [3.63, 3.8) is 0 Å². The molecule has 0 amide bonds. The lowest BCUT2D eigenvalue weighted by Gasteiger charge is -2.55. The lowest BCUT2D eigenvalue weighted by molar-refractivity contribution is -0.236. The van der Waals surface area contributed by atoms with Crippen LogP contribution in [0.3, 0.4) is 0 Å². The molecule has 40 heavy (non-hydrogen) atoms. The second kappa shape index (κ2) is 11.6. The van der Waals surface area contributed by atoms with Gasteiger partial charge in [-0.1, -0.05) is 121 Å². The first-order valence-electron chi connectivity index (χ1n) is 13.5. The van der Waals surface area contributed by atoms with Crippen LogP contribution in [0.25, 0.3) is 0 Å². The molecule has 0 bridgehead atoms. The van der Waals surface area contributed by atoms with E-state index in [1.165, 1.54) is 6.08 Å². The van der Waals surface area contributed by atoms with E-state index in [9.17, 15) is 20.1 Å². The predicted octanol–water partition coefficient (Wildman–Crippen LogP) is 4.98. The Morgan fingerprint density at radius 1 is 0.600 bits per heavy atom. The Morgan fingerprint density at radius 2 is 1.02 bits per heavy atom. The third-order valence-electron chi connectivity index (χ3n) is 7.82. The molecular weight excluding hydrogens is 500 g/mol. The van der Waals surface area contributed by atoms with Gasteiger partial charge in [-0.05, 0) is 28.3 Å². The van der Waals surface area contributed by atoms with Gasteiger partial charge in [0.15, 0.2) is 0 Å². The average molecular weight is 535 g/mol. The summed E-state index contributed by atoms with van der Waals surface area (Å²) >= 11 is 0. The van der Waals surface area contributed by atoms with Crippen molar-refractivity contribution in [1.29, 1.82) is 0 Å². The Morgan fingerprint density at radius 3 is 1.52 bits per heavy atom. The number of aliphatic hydroxyl groups is 3. The molecule has 4 aromatic carbocycles. The Hall–Kier alpha value is -4.03. The van der Waals surface area contributed by atoms with E-state index in [0.717, 1.165) is 22.3 Å². The van der Waals surface area contributed by atoms with E-state index in [4.69, 9.17) is 4.74 Å². The summed E-state index contributed by atoms with van der Waals surface area (Å²) in [5.74, 6) is -0.636. The Labute approximate surface area is 235 Å². The van der Waals surface area contributed by atoms with E-state index in [2.05, 4.69) is 0 Å². The molecule has 1 aliphatic rings. The quantitative estimate of drug-likeness (QED) is 0.264. The predicted molar refractivity (Wildman–Crippen MR) is 154 cm³/mol. The minimum absolute atomic E-state index is 0.0102. The van der Waals surface area contributed by atoms with Crippen LogP contribution in [0.1, 0.15) is 28.7 Å². The van der Waals surface area contributed by atoms with Crippen molar-refractivity contribution in [3.8, 4) is 0 Å². The van der Waals surface area contributed by atoms with Crippen molar-refractivity contribution in [1.82, 2.24) is 0 Å². The molecule has 3 N–H and O–H groups in total. The molecule has 3 atom stereocenters. The van der Waals surface area contributed by atoms with Crippen molar-refractivity contribution in [3.05, 3.63) is 155 Å². The van der Waals surface area contributed by atoms with E-state index >= 15 is 0 Å². The van der Waals surface area contributed by atoms with Crippen molar-refractivity contribution in [2.24, 2.45) is 0 Å². The summed E-state index contributed by atoms with van der Waals surface area (Å²) in [5, 5.41) is 37.5. The number of hydrogen-bond donors (Lipinski definition) is 3. The average Bonchev–Trinajstić information content (AvgIpc) is 2.97. The van der Waals surface area contributed by atoms with Crippen LogP contribution < -0.4 is 0 Å². The van der Waals surface area contributed by atoms with Crippen molar-refractivity contribution < 1.29 is 24.9 Å². The molecule has 0 spiro atoms. The number of rotatable bonds is 9. The molecule has 5 heteroatoms. The molecule has 0 saturated carbocycles. The van der Waals surface area contributed by atoms with E-state index in [-0.39, 0.29) is 37.9 Å². The number of ether oxygens (including phenoxy) is 1. The third-order valence-corrected chi connectivity index (χ3v) is 7.82. The highest BCUT2D eigenvalue weighted by Gasteiger charge is 2.63. The Kier molecular flexibility index (Phi) is 7.99. The van der Waals surface area contributed by atoms with Crippen molar-refractivity contribution in [2.75, 3.05) is 0 Å². The lowest BCUT2D eigenvalue weighted by Crippen LogP contribution is -2.72. The minimum atomic E-state index is -2.05. The van der Waals surface area contributed by atoms with E-state index in [1.54, 1.807) is 0 Å². The van der Waals surface area contributed by atoms with Gasteiger partial charge in [0, 0.05) is 31.3 Å². The van der Waals surface area contributed by atoms with Crippen LogP contribution in [-0.4, -0.2) is 38.1 Å². The number of carbonyl (C=O) groups excluding carboxylic acids is 1. The highest BCUT2D eigenvalue weighted by atomic mass is 16.5. The zero-order chi connectivity index (χ0) is 28.1. The second-order valence-corrected chi connectivity index (χ2v) is 10.7. The van der Waals surface area contributed by atoms with Gasteiger partial charge >= 0.3 is 5.97 Å². The normalized spacial score (nSPS) is 24.2. The SMILES string of the molecule is O=C(OCc1ccccc1)C1=CC(O)(Cc2ccccc2)C(O)(Cc2ccccc2)C(O)(Cc2ccccc2)C1. The molecule has 5 nitrogen and oxygen atoms in total. The molecule has 1 aliphatic carbocycles. The first-order valence-corrected chi connectivity index (χ1v) is 13.5. The Bertz CT molecular complexity index is 1440. The number of carbonyl (C=O) groups is 1. The zero-order valence-corrected chi connectivity index (χ0v) is 22.3. The highest BCUT2D eigenvalue weighted by Crippen LogP contribution is 2.48. The first-order chi connectivity index (χ1) is 19.3. The molecule has 3 unspecified atom stereocenters. The summed E-state index contributed by atoms with van der Waals surface area (Å²) in [5.41, 5.74) is -2.69. The topological polar surface area (TPSA) is 87.0 Å². The maximum absolute atomic E-state index is 13.4. The molecule has 4 aromatic rings. The van der Waals surface area contributed by atoms with Gasteiger partial charge in [0.1, 0.15) is 23.4 Å². The van der Waals surface area contributed by atoms with Crippen LogP contribution in [0, 0.1) is 0 Å². The fourth-order valence-electron chi connectivity index (χ4n) is 5.73. The highest BCUT2D eigenvalue weighted by molar-refractivity contribution is 5.89. The van der Waals surface area contributed by atoms with Gasteiger partial charge in [0.05, 0.1) is 0 Å². The molecule has 0 heterocycles. The third kappa shape index (κ3) is 5.77. The molecule has 204 valence electrons. The fraction of sp³-hybridized carbons (Fsp3) is 0.229. The molecule has 0 radical (unpaired) electrons. The van der Waals surface area contributed by atoms with Gasteiger partial charge in [0.2, 0.25) is 0 Å². The van der Waals surface area contributed by atoms with Gasteiger partial charge in [0.25, 0.3) is 0 Å². The summed E-state index contributed by atoms with van der Waals surface area (Å²) in [6.07, 6.45) is 1.22. The molecule has 0 aliphatic heterocycles. The Balaban J connectivity index is 1.59. The molecule has 0 saturated heterocycles. The summed E-state index contributed by atoms with van der Waals surface area (Å²) in [7, 11) is 0. The molecule has 0 aromatic heterocycles. The zero-order valence-electron chi connectivity index (χ0n) is 22.3. The van der Waals surface area contributed by atoms with Gasteiger partial charge in [-0.25, -0.2) is 4.79 Å². The number of esters is 1. The molecule has 5 rings (SSSR count). The van der Waals surface area contributed by atoms with Gasteiger partial charge in [-0.2, -0.15) is 0 Å². The summed E-state index contributed by atoms with van der Waals surface area (Å²) < 4.78 is 5.63. The summed E-state index contributed by atoms with van der Waals surface area (Å²) in [6, 6.07) is 37.3. The standard InChI is InChI=1S/C35H34O5/c36-32(40-26-30-19-11-4-12-20-30)31-24-33(37,21-27-13-5-1-6-14-27)35(39,23-29-17-9-3-10-18-29)34(38,25-31)22-28-15-7-2-8-16-28/h1-20,24,37-39H,21-23,25-26H2. The van der Waals surface area contributed by atoms with E-state index in [0.29, 0.717) is 0 Å². The minimum Gasteiger partial charge on any atom is -0.457 e. The van der Waals surface area contributed by atoms with Crippen LogP contribution >= 0.6 is 0 Å². The molecular formula is C35H34O5. The lowest BCUT2D eigenvalue weighted by atomic mass is 9.58. The fourth-order valence-corrected chi connectivity index (χ4v) is 5.73. The molecule has 0 fully saturated rings. The van der Waals surface area contributed by atoms with Crippen LogP contribution in [0.5, 0.6) is 0 Å². The van der Waals surface area contributed by atoms with Crippen LogP contribution in [-0.2, 0) is 35.4 Å². The maximum Gasteiger partial charge on any atom is 0.334 e. The maximum atomic E-state index is 13.4. The monoisotopic (exact) mass is 534 g/mol. The summed E-state index contributed by atoms with van der Waals surface area (Å²) in [6.45, 7) is 0.0551. The summed E-state index contributed by atoms with van der Waals surface area (Å²) in [4.78, 5) is 13.4. The van der Waals surface area contributed by atoms with Crippen molar-refractivity contribution in [2.45, 2.75) is 49.1 Å². The first kappa shape index (κ1) is 27.5. The van der Waals surface area contributed by atoms with E-state index in [1.807, 2.05) is 121 Å². The van der Waals surface area contributed by atoms with Crippen molar-refractivity contribution >= 4 is 5.97 Å².